The van der Waals surface area contributed by atoms with Gasteiger partial charge in [-0.05, 0) is 46.0 Å². The van der Waals surface area contributed by atoms with E-state index in [1.54, 1.807) is 0 Å². The maximum absolute atomic E-state index is 13.2. The van der Waals surface area contributed by atoms with Crippen LogP contribution in [0.4, 0.5) is 5.82 Å². The molecule has 7 heteroatoms. The van der Waals surface area contributed by atoms with E-state index in [2.05, 4.69) is 6.92 Å². The molecule has 2 amide bonds. The van der Waals surface area contributed by atoms with Gasteiger partial charge in [0.1, 0.15) is 5.82 Å². The summed E-state index contributed by atoms with van der Waals surface area (Å²) in [6.45, 7) is 6.90. The largest absolute Gasteiger partial charge is 0.381 e. The molecule has 0 spiro atoms. The minimum Gasteiger partial charge on any atom is -0.381 e. The molecular weight excluding hydrogens is 332 g/mol. The van der Waals surface area contributed by atoms with Crippen molar-refractivity contribution in [1.29, 1.82) is 0 Å². The van der Waals surface area contributed by atoms with Crippen LogP contribution in [-0.4, -0.2) is 58.8 Å². The summed E-state index contributed by atoms with van der Waals surface area (Å²) in [5.41, 5.74) is 1.52. The third-order valence-electron chi connectivity index (χ3n) is 6.00. The van der Waals surface area contributed by atoms with E-state index in [0.717, 1.165) is 43.6 Å². The van der Waals surface area contributed by atoms with Gasteiger partial charge in [0, 0.05) is 44.3 Å². The third-order valence-corrected chi connectivity index (χ3v) is 6.00. The predicted molar refractivity (Wildman–Crippen MR) is 97.4 cm³/mol. The first-order valence-corrected chi connectivity index (χ1v) is 9.92. The lowest BCUT2D eigenvalue weighted by molar-refractivity contribution is -0.118. The van der Waals surface area contributed by atoms with Crippen LogP contribution in [0.3, 0.4) is 0 Å². The number of fused-ring (bicyclic) bond motifs is 1. The molecule has 1 aromatic rings. The number of rotatable bonds is 3. The van der Waals surface area contributed by atoms with Crippen molar-refractivity contribution in [3.05, 3.63) is 11.3 Å². The molecule has 2 saturated heterocycles. The van der Waals surface area contributed by atoms with Crippen molar-refractivity contribution >= 4 is 17.6 Å². The van der Waals surface area contributed by atoms with Crippen LogP contribution in [0.15, 0.2) is 0 Å². The molecule has 142 valence electrons. The molecule has 4 rings (SSSR count). The number of hydrogen-bond acceptors (Lipinski definition) is 4. The molecule has 3 aliphatic rings. The summed E-state index contributed by atoms with van der Waals surface area (Å²) in [6, 6.07) is 0.453. The molecule has 26 heavy (non-hydrogen) atoms. The minimum absolute atomic E-state index is 0.0301. The van der Waals surface area contributed by atoms with Gasteiger partial charge in [0.25, 0.3) is 5.91 Å². The van der Waals surface area contributed by atoms with Crippen molar-refractivity contribution in [3.63, 3.8) is 0 Å². The molecule has 4 heterocycles. The van der Waals surface area contributed by atoms with Crippen molar-refractivity contribution in [2.75, 3.05) is 31.2 Å². The van der Waals surface area contributed by atoms with Crippen LogP contribution in [0, 0.1) is 0 Å². The van der Waals surface area contributed by atoms with Crippen molar-refractivity contribution in [2.45, 2.75) is 64.5 Å². The van der Waals surface area contributed by atoms with Crippen LogP contribution >= 0.6 is 0 Å². The Kier molecular flexibility index (Phi) is 4.73. The van der Waals surface area contributed by atoms with E-state index in [1.807, 2.05) is 21.4 Å². The molecule has 1 unspecified atom stereocenters. The topological polar surface area (TPSA) is 67.7 Å². The molecule has 0 N–H and O–H groups in total. The number of nitrogens with zero attached hydrogens (tertiary/aromatic N) is 4. The Morgan fingerprint density at radius 3 is 2.65 bits per heavy atom. The van der Waals surface area contributed by atoms with Gasteiger partial charge in [0.05, 0.1) is 6.04 Å². The lowest BCUT2D eigenvalue weighted by atomic mass is 10.0. The number of hydrogen-bond donors (Lipinski definition) is 0. The lowest BCUT2D eigenvalue weighted by Gasteiger charge is -2.31. The second-order valence-corrected chi connectivity index (χ2v) is 7.57. The summed E-state index contributed by atoms with van der Waals surface area (Å²) < 4.78 is 7.46. The molecule has 2 fully saturated rings. The van der Waals surface area contributed by atoms with Gasteiger partial charge in [-0.15, -0.1) is 0 Å². The summed E-state index contributed by atoms with van der Waals surface area (Å²) in [6.07, 6.45) is 4.90. The van der Waals surface area contributed by atoms with E-state index < -0.39 is 0 Å². The molecule has 7 nitrogen and oxygen atoms in total. The smallest absolute Gasteiger partial charge is 0.274 e. The van der Waals surface area contributed by atoms with Crippen LogP contribution in [0.1, 0.15) is 68.0 Å². The van der Waals surface area contributed by atoms with Gasteiger partial charge in [-0.1, -0.05) is 0 Å². The van der Waals surface area contributed by atoms with Crippen molar-refractivity contribution in [3.8, 4) is 0 Å². The Morgan fingerprint density at radius 1 is 1.23 bits per heavy atom. The van der Waals surface area contributed by atoms with Crippen LogP contribution in [0.5, 0.6) is 0 Å². The number of likely N-dealkylation sites (tertiary alicyclic amines) is 1. The average molecular weight is 360 g/mol. The number of carbonyl (C=O) groups is 2. The average Bonchev–Trinajstić information content (AvgIpc) is 3.26. The first-order chi connectivity index (χ1) is 12.6. The highest BCUT2D eigenvalue weighted by molar-refractivity contribution is 6.01. The van der Waals surface area contributed by atoms with Gasteiger partial charge in [-0.25, -0.2) is 4.68 Å². The van der Waals surface area contributed by atoms with Gasteiger partial charge >= 0.3 is 0 Å². The maximum Gasteiger partial charge on any atom is 0.274 e. The quantitative estimate of drug-likeness (QED) is 0.828. The SMILES string of the molecule is CCN1C(=O)CCc2c(C(=O)N3CCCC3C)nn(C3CCOCC3)c21. The molecule has 0 radical (unpaired) electrons. The monoisotopic (exact) mass is 360 g/mol. The summed E-state index contributed by atoms with van der Waals surface area (Å²) in [7, 11) is 0. The fraction of sp³-hybridized carbons (Fsp3) is 0.737. The Labute approximate surface area is 154 Å². The molecule has 0 bridgehead atoms. The van der Waals surface area contributed by atoms with Crippen LogP contribution in [-0.2, 0) is 16.0 Å². The Bertz CT molecular complexity index is 708. The van der Waals surface area contributed by atoms with Gasteiger partial charge in [0.15, 0.2) is 5.69 Å². The molecule has 3 aliphatic heterocycles. The molecule has 0 saturated carbocycles. The highest BCUT2D eigenvalue weighted by Crippen LogP contribution is 2.36. The molecule has 0 aliphatic carbocycles. The number of ether oxygens (including phenoxy) is 1. The number of amides is 2. The van der Waals surface area contributed by atoms with Gasteiger partial charge in [0.2, 0.25) is 5.91 Å². The zero-order valence-electron chi connectivity index (χ0n) is 15.7. The highest BCUT2D eigenvalue weighted by Gasteiger charge is 2.37. The van der Waals surface area contributed by atoms with Gasteiger partial charge in [-0.2, -0.15) is 5.10 Å². The third kappa shape index (κ3) is 2.82. The van der Waals surface area contributed by atoms with E-state index in [0.29, 0.717) is 38.3 Å². The van der Waals surface area contributed by atoms with E-state index in [1.165, 1.54) is 0 Å². The first kappa shape index (κ1) is 17.5. The second kappa shape index (κ2) is 7.02. The van der Waals surface area contributed by atoms with E-state index >= 15 is 0 Å². The lowest BCUT2D eigenvalue weighted by Crippen LogP contribution is -2.38. The standard InChI is InChI=1S/C19H28N4O3/c1-3-21-16(24)7-6-15-17(19(25)22-10-4-5-13(22)2)20-23(18(15)21)14-8-11-26-12-9-14/h13-14H,3-12H2,1-2H3. The van der Waals surface area contributed by atoms with E-state index in [9.17, 15) is 9.59 Å². The van der Waals surface area contributed by atoms with Crippen LogP contribution < -0.4 is 4.90 Å². The van der Waals surface area contributed by atoms with Crippen molar-refractivity contribution in [1.82, 2.24) is 14.7 Å². The maximum atomic E-state index is 13.2. The number of carbonyl (C=O) groups excluding carboxylic acids is 2. The number of anilines is 1. The zero-order valence-corrected chi connectivity index (χ0v) is 15.7. The van der Waals surface area contributed by atoms with E-state index in [4.69, 9.17) is 9.84 Å². The zero-order chi connectivity index (χ0) is 18.3. The normalized spacial score (nSPS) is 24.2. The Balaban J connectivity index is 1.77. The summed E-state index contributed by atoms with van der Waals surface area (Å²) in [4.78, 5) is 29.5. The Morgan fingerprint density at radius 2 is 2.00 bits per heavy atom. The summed E-state index contributed by atoms with van der Waals surface area (Å²) in [5.74, 6) is 1.01. The molecule has 0 aromatic carbocycles. The molecule has 1 atom stereocenters. The van der Waals surface area contributed by atoms with Gasteiger partial charge < -0.3 is 9.64 Å². The van der Waals surface area contributed by atoms with Crippen molar-refractivity contribution in [2.24, 2.45) is 0 Å². The summed E-state index contributed by atoms with van der Waals surface area (Å²) >= 11 is 0. The van der Waals surface area contributed by atoms with E-state index in [-0.39, 0.29) is 23.9 Å². The first-order valence-electron chi connectivity index (χ1n) is 9.92. The second-order valence-electron chi connectivity index (χ2n) is 7.57. The molecule has 1 aromatic heterocycles. The number of aromatic nitrogens is 2. The fourth-order valence-electron chi connectivity index (χ4n) is 4.51. The Hall–Kier alpha value is -1.89. The van der Waals surface area contributed by atoms with Crippen LogP contribution in [0.25, 0.3) is 0 Å². The molecular formula is C19H28N4O3. The van der Waals surface area contributed by atoms with Crippen molar-refractivity contribution < 1.29 is 14.3 Å². The fourth-order valence-corrected chi connectivity index (χ4v) is 4.51. The minimum atomic E-state index is 0.0301. The predicted octanol–water partition coefficient (Wildman–Crippen LogP) is 2.16. The summed E-state index contributed by atoms with van der Waals surface area (Å²) in [5, 5.41) is 4.80. The highest BCUT2D eigenvalue weighted by atomic mass is 16.5. The van der Waals surface area contributed by atoms with Crippen LogP contribution in [0.2, 0.25) is 0 Å². The van der Waals surface area contributed by atoms with Gasteiger partial charge in [-0.3, -0.25) is 14.5 Å².